The molecule has 2 fully saturated rings. The normalized spacial score (nSPS) is 25.4. The molecule has 2 aliphatic heterocycles. The average Bonchev–Trinajstić information content (AvgIpc) is 3.08. The van der Waals surface area contributed by atoms with Gasteiger partial charge < -0.3 is 15.0 Å². The third kappa shape index (κ3) is 5.58. The molecule has 124 valence electrons. The highest BCUT2D eigenvalue weighted by Crippen LogP contribution is 2.38. The fourth-order valence-electron chi connectivity index (χ4n) is 3.24. The average molecular weight is 409 g/mol. The van der Waals surface area contributed by atoms with Crippen molar-refractivity contribution in [3.05, 3.63) is 0 Å². The Morgan fingerprint density at radius 2 is 2.10 bits per heavy atom. The maximum Gasteiger partial charge on any atom is 0.193 e. The monoisotopic (exact) mass is 409 g/mol. The van der Waals surface area contributed by atoms with E-state index in [9.17, 15) is 0 Å². The molecule has 0 radical (unpaired) electrons. The Morgan fingerprint density at radius 3 is 2.76 bits per heavy atom. The van der Waals surface area contributed by atoms with Gasteiger partial charge in [0.25, 0.3) is 0 Å². The van der Waals surface area contributed by atoms with E-state index in [4.69, 9.17) is 9.73 Å². The van der Waals surface area contributed by atoms with Gasteiger partial charge in [-0.2, -0.15) is 0 Å². The lowest BCUT2D eigenvalue weighted by Gasteiger charge is -2.25. The number of aliphatic imine (C=N–C) groups is 1. The van der Waals surface area contributed by atoms with Crippen LogP contribution >= 0.6 is 24.0 Å². The molecule has 1 N–H and O–H groups in total. The van der Waals surface area contributed by atoms with Crippen LogP contribution in [0.2, 0.25) is 0 Å². The van der Waals surface area contributed by atoms with Gasteiger partial charge in [-0.05, 0) is 26.2 Å². The molecule has 2 heterocycles. The third-order valence-corrected chi connectivity index (χ3v) is 4.53. The molecule has 2 rings (SSSR count). The van der Waals surface area contributed by atoms with Gasteiger partial charge in [0.05, 0.1) is 6.61 Å². The molecule has 0 amide bonds. The zero-order valence-electron chi connectivity index (χ0n) is 13.7. The summed E-state index contributed by atoms with van der Waals surface area (Å²) in [5.41, 5.74) is 0.415. The summed E-state index contributed by atoms with van der Waals surface area (Å²) in [4.78, 5) is 7.25. The van der Waals surface area contributed by atoms with Crippen LogP contribution in [0.25, 0.3) is 0 Å². The lowest BCUT2D eigenvalue weighted by molar-refractivity contribution is 0.156. The minimum Gasteiger partial charge on any atom is -0.381 e. The van der Waals surface area contributed by atoms with E-state index in [0.717, 1.165) is 45.4 Å². The minimum absolute atomic E-state index is 0. The van der Waals surface area contributed by atoms with Gasteiger partial charge in [-0.1, -0.05) is 26.2 Å². The van der Waals surface area contributed by atoms with Crippen LogP contribution in [0.4, 0.5) is 0 Å². The first-order valence-electron chi connectivity index (χ1n) is 8.41. The summed E-state index contributed by atoms with van der Waals surface area (Å²) >= 11 is 0. The first-order chi connectivity index (χ1) is 9.79. The molecule has 0 aromatic carbocycles. The van der Waals surface area contributed by atoms with E-state index in [1.54, 1.807) is 0 Å². The van der Waals surface area contributed by atoms with E-state index in [1.165, 1.54) is 38.5 Å². The predicted molar refractivity (Wildman–Crippen MR) is 99.6 cm³/mol. The fraction of sp³-hybridized carbons (Fsp3) is 0.938. The van der Waals surface area contributed by atoms with Crippen molar-refractivity contribution < 1.29 is 4.74 Å². The lowest BCUT2D eigenvalue weighted by Crippen LogP contribution is -2.41. The van der Waals surface area contributed by atoms with Gasteiger partial charge in [0.2, 0.25) is 0 Å². The van der Waals surface area contributed by atoms with Crippen LogP contribution in [0.15, 0.2) is 4.99 Å². The van der Waals surface area contributed by atoms with E-state index >= 15 is 0 Å². The Bertz CT molecular complexity index is 317. The second-order valence-electron chi connectivity index (χ2n) is 6.27. The highest BCUT2D eigenvalue weighted by atomic mass is 127. The second kappa shape index (κ2) is 9.87. The van der Waals surface area contributed by atoms with Crippen LogP contribution < -0.4 is 5.32 Å². The van der Waals surface area contributed by atoms with E-state index in [-0.39, 0.29) is 24.0 Å². The van der Waals surface area contributed by atoms with Crippen LogP contribution in [0, 0.1) is 5.41 Å². The fourth-order valence-corrected chi connectivity index (χ4v) is 3.24. The molecule has 4 nitrogen and oxygen atoms in total. The lowest BCUT2D eigenvalue weighted by atomic mass is 9.87. The Morgan fingerprint density at radius 1 is 1.24 bits per heavy atom. The van der Waals surface area contributed by atoms with E-state index in [1.807, 2.05) is 0 Å². The number of halogens is 1. The number of hydrogen-bond donors (Lipinski definition) is 1. The molecule has 0 saturated carbocycles. The van der Waals surface area contributed by atoms with Gasteiger partial charge in [-0.3, -0.25) is 4.99 Å². The summed E-state index contributed by atoms with van der Waals surface area (Å²) in [7, 11) is 0. The van der Waals surface area contributed by atoms with Gasteiger partial charge in [0.1, 0.15) is 0 Å². The maximum atomic E-state index is 5.61. The molecule has 1 spiro atoms. The number of hydrogen-bond acceptors (Lipinski definition) is 2. The Kier molecular flexibility index (Phi) is 8.94. The molecule has 2 saturated heterocycles. The molecular formula is C16H32IN3O. The number of rotatable bonds is 6. The van der Waals surface area contributed by atoms with Gasteiger partial charge in [-0.25, -0.2) is 0 Å². The number of ether oxygens (including phenoxy) is 1. The minimum atomic E-state index is 0. The van der Waals surface area contributed by atoms with Gasteiger partial charge >= 0.3 is 0 Å². The third-order valence-electron chi connectivity index (χ3n) is 4.53. The summed E-state index contributed by atoms with van der Waals surface area (Å²) < 4.78 is 5.61. The topological polar surface area (TPSA) is 36.9 Å². The van der Waals surface area contributed by atoms with Gasteiger partial charge in [0.15, 0.2) is 5.96 Å². The van der Waals surface area contributed by atoms with Gasteiger partial charge in [-0.15, -0.1) is 24.0 Å². The zero-order chi connectivity index (χ0) is 14.3. The van der Waals surface area contributed by atoms with Crippen LogP contribution in [-0.4, -0.2) is 50.3 Å². The van der Waals surface area contributed by atoms with E-state index in [0.29, 0.717) is 5.41 Å². The van der Waals surface area contributed by atoms with Crippen LogP contribution in [0.5, 0.6) is 0 Å². The molecule has 1 unspecified atom stereocenters. The first kappa shape index (κ1) is 19.0. The molecule has 2 aliphatic rings. The standard InChI is InChI=1S/C16H31N3O.HI/c1-3-5-6-7-10-18-15(17-4-2)19-11-8-16(13-19)9-12-20-14-16;/h3-14H2,1-2H3,(H,17,18);1H. The van der Waals surface area contributed by atoms with Crippen LogP contribution in [0.1, 0.15) is 52.4 Å². The molecule has 0 bridgehead atoms. The van der Waals surface area contributed by atoms with Crippen LogP contribution in [0.3, 0.4) is 0 Å². The molecule has 0 aromatic rings. The van der Waals surface area contributed by atoms with Crippen molar-refractivity contribution >= 4 is 29.9 Å². The van der Waals surface area contributed by atoms with Crippen molar-refractivity contribution in [1.82, 2.24) is 10.2 Å². The first-order valence-corrected chi connectivity index (χ1v) is 8.41. The largest absolute Gasteiger partial charge is 0.381 e. The summed E-state index contributed by atoms with van der Waals surface area (Å²) in [5, 5.41) is 3.46. The highest BCUT2D eigenvalue weighted by Gasteiger charge is 2.42. The zero-order valence-corrected chi connectivity index (χ0v) is 16.0. The van der Waals surface area contributed by atoms with Crippen LogP contribution in [-0.2, 0) is 4.74 Å². The summed E-state index contributed by atoms with van der Waals surface area (Å²) in [6, 6.07) is 0. The van der Waals surface area contributed by atoms with Crippen molar-refractivity contribution in [2.24, 2.45) is 10.4 Å². The van der Waals surface area contributed by atoms with Crippen molar-refractivity contribution in [3.63, 3.8) is 0 Å². The quantitative estimate of drug-likeness (QED) is 0.317. The number of nitrogens with one attached hydrogen (secondary N) is 1. The smallest absolute Gasteiger partial charge is 0.193 e. The Hall–Kier alpha value is -0.0400. The summed E-state index contributed by atoms with van der Waals surface area (Å²) in [6.07, 6.45) is 7.61. The summed E-state index contributed by atoms with van der Waals surface area (Å²) in [6.45, 7) is 10.4. The Labute approximate surface area is 147 Å². The molecule has 21 heavy (non-hydrogen) atoms. The maximum absolute atomic E-state index is 5.61. The molecule has 1 atom stereocenters. The number of unbranched alkanes of at least 4 members (excludes halogenated alkanes) is 3. The van der Waals surface area contributed by atoms with Crippen molar-refractivity contribution in [2.45, 2.75) is 52.4 Å². The Balaban J connectivity index is 0.00000220. The molecule has 0 aliphatic carbocycles. The highest BCUT2D eigenvalue weighted by molar-refractivity contribution is 14.0. The predicted octanol–water partition coefficient (Wildman–Crippen LogP) is 3.26. The number of nitrogens with zero attached hydrogens (tertiary/aromatic N) is 2. The molecule has 0 aromatic heterocycles. The van der Waals surface area contributed by atoms with Gasteiger partial charge in [0, 0.05) is 38.2 Å². The molecule has 5 heteroatoms. The molecular weight excluding hydrogens is 377 g/mol. The van der Waals surface area contributed by atoms with E-state index < -0.39 is 0 Å². The van der Waals surface area contributed by atoms with Crippen molar-refractivity contribution in [1.29, 1.82) is 0 Å². The summed E-state index contributed by atoms with van der Waals surface area (Å²) in [5.74, 6) is 1.12. The SMILES string of the molecule is CCCCCCN=C(NCC)N1CCC2(CCOC2)C1.I. The van der Waals surface area contributed by atoms with Crippen molar-refractivity contribution in [3.8, 4) is 0 Å². The number of guanidine groups is 1. The number of likely N-dealkylation sites (tertiary alicyclic amines) is 1. The van der Waals surface area contributed by atoms with E-state index in [2.05, 4.69) is 24.1 Å². The second-order valence-corrected chi connectivity index (χ2v) is 6.27. The van der Waals surface area contributed by atoms with Crippen molar-refractivity contribution in [2.75, 3.05) is 39.4 Å².